The molecule has 0 spiro atoms. The monoisotopic (exact) mass is 513 g/mol. The number of phenols is 1. The number of carbonyl (C=O) groups is 1. The number of amides is 1. The Bertz CT molecular complexity index is 1780. The van der Waals surface area contributed by atoms with Gasteiger partial charge in [-0.25, -0.2) is 9.37 Å². The van der Waals surface area contributed by atoms with Crippen LogP contribution in [0, 0.1) is 5.82 Å². The molecule has 0 unspecified atom stereocenters. The van der Waals surface area contributed by atoms with Gasteiger partial charge in [0.1, 0.15) is 11.6 Å². The lowest BCUT2D eigenvalue weighted by atomic mass is 10.0. The van der Waals surface area contributed by atoms with Gasteiger partial charge in [-0.3, -0.25) is 4.79 Å². The summed E-state index contributed by atoms with van der Waals surface area (Å²) in [7, 11) is 0. The van der Waals surface area contributed by atoms with E-state index in [9.17, 15) is 14.3 Å². The average Bonchev–Trinajstić information content (AvgIpc) is 3.51. The number of carbonyl (C=O) groups excluding carboxylic acids is 1. The second-order valence-electron chi connectivity index (χ2n) is 8.25. The molecule has 0 atom stereocenters. The van der Waals surface area contributed by atoms with Crippen molar-refractivity contribution in [2.24, 2.45) is 0 Å². The summed E-state index contributed by atoms with van der Waals surface area (Å²) in [4.78, 5) is 20.9. The van der Waals surface area contributed by atoms with Crippen molar-refractivity contribution in [1.82, 2.24) is 9.97 Å². The minimum absolute atomic E-state index is 0.00806. The summed E-state index contributed by atoms with van der Waals surface area (Å²) < 4.78 is 14.4. The molecule has 0 radical (unpaired) electrons. The number of fused-ring (bicyclic) bond motifs is 2. The molecule has 176 valence electrons. The molecule has 1 amide bonds. The molecule has 6 aromatic rings. The van der Waals surface area contributed by atoms with Gasteiger partial charge in [-0.2, -0.15) is 0 Å². The maximum Gasteiger partial charge on any atom is 0.284 e. The molecular formula is C28H17ClFN3O2S. The number of benzene rings is 4. The predicted molar refractivity (Wildman–Crippen MR) is 143 cm³/mol. The van der Waals surface area contributed by atoms with Crippen molar-refractivity contribution < 1.29 is 14.3 Å². The third-order valence-electron chi connectivity index (χ3n) is 5.93. The number of hydrogen-bond donors (Lipinski definition) is 3. The molecule has 5 nitrogen and oxygen atoms in total. The van der Waals surface area contributed by atoms with E-state index in [1.165, 1.54) is 17.4 Å². The van der Waals surface area contributed by atoms with Crippen molar-refractivity contribution in [3.8, 4) is 28.1 Å². The minimum atomic E-state index is -0.563. The van der Waals surface area contributed by atoms with Crippen molar-refractivity contribution in [1.29, 1.82) is 0 Å². The first kappa shape index (κ1) is 22.3. The number of phenolic OH excluding ortho intramolecular Hbond substituents is 1. The number of aromatic amines is 1. The Morgan fingerprint density at radius 2 is 1.75 bits per heavy atom. The molecule has 0 aliphatic rings. The Morgan fingerprint density at radius 3 is 2.58 bits per heavy atom. The highest BCUT2D eigenvalue weighted by atomic mass is 35.5. The molecule has 2 aromatic heterocycles. The Hall–Kier alpha value is -4.20. The molecule has 0 aliphatic heterocycles. The van der Waals surface area contributed by atoms with Gasteiger partial charge in [0, 0.05) is 33.2 Å². The normalized spacial score (nSPS) is 11.3. The lowest BCUT2D eigenvalue weighted by Gasteiger charge is -2.05. The number of thiazole rings is 1. The van der Waals surface area contributed by atoms with E-state index in [1.54, 1.807) is 0 Å². The summed E-state index contributed by atoms with van der Waals surface area (Å²) >= 11 is 7.30. The fourth-order valence-electron chi connectivity index (χ4n) is 4.22. The van der Waals surface area contributed by atoms with Crippen molar-refractivity contribution in [3.05, 3.63) is 101 Å². The number of aromatic nitrogens is 2. The van der Waals surface area contributed by atoms with Gasteiger partial charge in [0.2, 0.25) is 0 Å². The third kappa shape index (κ3) is 3.98. The van der Waals surface area contributed by atoms with Crippen LogP contribution in [0.15, 0.2) is 84.9 Å². The zero-order valence-electron chi connectivity index (χ0n) is 18.5. The Kier molecular flexibility index (Phi) is 5.44. The second-order valence-corrected chi connectivity index (χ2v) is 9.68. The van der Waals surface area contributed by atoms with Crippen LogP contribution in [0.4, 0.5) is 10.1 Å². The zero-order valence-corrected chi connectivity index (χ0v) is 20.1. The first-order valence-electron chi connectivity index (χ1n) is 11.0. The highest BCUT2D eigenvalue weighted by Crippen LogP contribution is 2.38. The van der Waals surface area contributed by atoms with Gasteiger partial charge in [-0.1, -0.05) is 48.0 Å². The quantitative estimate of drug-likeness (QED) is 0.210. The van der Waals surface area contributed by atoms with Crippen LogP contribution in [-0.4, -0.2) is 21.0 Å². The van der Waals surface area contributed by atoms with Crippen LogP contribution in [-0.2, 0) is 0 Å². The fourth-order valence-corrected chi connectivity index (χ4v) is 5.33. The van der Waals surface area contributed by atoms with E-state index in [0.717, 1.165) is 50.1 Å². The van der Waals surface area contributed by atoms with E-state index in [-0.39, 0.29) is 16.4 Å². The summed E-state index contributed by atoms with van der Waals surface area (Å²) in [6.45, 7) is 0. The number of hydrogen-bond acceptors (Lipinski definition) is 4. The Labute approximate surface area is 213 Å². The fraction of sp³-hybridized carbons (Fsp3) is 0. The standard InChI is InChI=1S/C28H17ClFN3O2S/c29-16-9-7-15(8-10-16)23-14-20-18(3-1-5-21(20)31-23)19-4-2-6-22-26(19)36-28(33-22)27(35)32-24-13-17(30)11-12-25(24)34/h1-14,31,34H,(H,32,35). The van der Waals surface area contributed by atoms with Crippen LogP contribution >= 0.6 is 22.9 Å². The number of nitrogens with one attached hydrogen (secondary N) is 2. The first-order chi connectivity index (χ1) is 17.5. The molecule has 2 heterocycles. The predicted octanol–water partition coefficient (Wildman–Crippen LogP) is 7.86. The molecule has 4 aromatic carbocycles. The van der Waals surface area contributed by atoms with E-state index in [4.69, 9.17) is 11.6 Å². The van der Waals surface area contributed by atoms with Crippen molar-refractivity contribution in [2.75, 3.05) is 5.32 Å². The van der Waals surface area contributed by atoms with E-state index in [0.29, 0.717) is 10.5 Å². The van der Waals surface area contributed by atoms with Crippen LogP contribution in [0.3, 0.4) is 0 Å². The molecule has 36 heavy (non-hydrogen) atoms. The molecule has 0 aliphatic carbocycles. The van der Waals surface area contributed by atoms with Crippen molar-refractivity contribution in [2.45, 2.75) is 0 Å². The van der Waals surface area contributed by atoms with E-state index < -0.39 is 11.7 Å². The topological polar surface area (TPSA) is 78.0 Å². The molecular weight excluding hydrogens is 497 g/mol. The number of rotatable bonds is 4. The molecule has 8 heteroatoms. The van der Waals surface area contributed by atoms with Gasteiger partial charge < -0.3 is 15.4 Å². The summed E-state index contributed by atoms with van der Waals surface area (Å²) in [6.07, 6.45) is 0. The van der Waals surface area contributed by atoms with Gasteiger partial charge in [0.25, 0.3) is 5.91 Å². The van der Waals surface area contributed by atoms with Gasteiger partial charge in [-0.05, 0) is 53.6 Å². The SMILES string of the molecule is O=C(Nc1cc(F)ccc1O)c1nc2cccc(-c3cccc4[nH]c(-c5ccc(Cl)cc5)cc34)c2s1. The van der Waals surface area contributed by atoms with Crippen LogP contribution in [0.25, 0.3) is 43.5 Å². The summed E-state index contributed by atoms with van der Waals surface area (Å²) in [5.41, 5.74) is 5.61. The van der Waals surface area contributed by atoms with Crippen molar-refractivity contribution >= 4 is 55.7 Å². The Morgan fingerprint density at radius 1 is 0.972 bits per heavy atom. The smallest absolute Gasteiger partial charge is 0.284 e. The molecule has 6 rings (SSSR count). The molecule has 3 N–H and O–H groups in total. The number of anilines is 1. The van der Waals surface area contributed by atoms with Crippen molar-refractivity contribution in [3.63, 3.8) is 0 Å². The van der Waals surface area contributed by atoms with Crippen LogP contribution in [0.5, 0.6) is 5.75 Å². The van der Waals surface area contributed by atoms with Gasteiger partial charge in [-0.15, -0.1) is 11.3 Å². The lowest BCUT2D eigenvalue weighted by Crippen LogP contribution is -2.11. The second kappa shape index (κ2) is 8.78. The highest BCUT2D eigenvalue weighted by Gasteiger charge is 2.18. The first-order valence-corrected chi connectivity index (χ1v) is 12.2. The van der Waals surface area contributed by atoms with Gasteiger partial charge in [0.15, 0.2) is 5.01 Å². The highest BCUT2D eigenvalue weighted by molar-refractivity contribution is 7.21. The van der Waals surface area contributed by atoms with Gasteiger partial charge in [0.05, 0.1) is 15.9 Å². The summed E-state index contributed by atoms with van der Waals surface area (Å²) in [5, 5.41) is 14.4. The minimum Gasteiger partial charge on any atom is -0.506 e. The van der Waals surface area contributed by atoms with Gasteiger partial charge >= 0.3 is 0 Å². The Balaban J connectivity index is 1.41. The maximum absolute atomic E-state index is 13.6. The number of H-pyrrole nitrogens is 1. The molecule has 0 fully saturated rings. The molecule has 0 saturated carbocycles. The van der Waals surface area contributed by atoms with E-state index in [1.807, 2.05) is 60.7 Å². The third-order valence-corrected chi connectivity index (χ3v) is 7.28. The summed E-state index contributed by atoms with van der Waals surface area (Å²) in [5.74, 6) is -1.30. The molecule has 0 bridgehead atoms. The lowest BCUT2D eigenvalue weighted by molar-refractivity contribution is 0.102. The summed E-state index contributed by atoms with van der Waals surface area (Å²) in [6, 6.07) is 25.0. The van der Waals surface area contributed by atoms with Crippen LogP contribution in [0.1, 0.15) is 9.80 Å². The van der Waals surface area contributed by atoms with E-state index >= 15 is 0 Å². The largest absolute Gasteiger partial charge is 0.506 e. The number of aromatic hydroxyl groups is 1. The average molecular weight is 514 g/mol. The number of nitrogens with zero attached hydrogens (tertiary/aromatic N) is 1. The maximum atomic E-state index is 13.6. The van der Waals surface area contributed by atoms with Crippen LogP contribution < -0.4 is 5.32 Å². The van der Waals surface area contributed by atoms with E-state index in [2.05, 4.69) is 21.4 Å². The molecule has 0 saturated heterocycles. The zero-order chi connectivity index (χ0) is 24.8. The number of halogens is 2. The van der Waals surface area contributed by atoms with Crippen LogP contribution in [0.2, 0.25) is 5.02 Å².